The number of thioether (sulfide) groups is 1. The molecule has 9 heteroatoms. The number of nitrogens with zero attached hydrogens (tertiary/aromatic N) is 3. The van der Waals surface area contributed by atoms with Crippen LogP contribution in [0.4, 0.5) is 0 Å². The number of nitrogens with one attached hydrogen (secondary N) is 1. The molecule has 0 aliphatic heterocycles. The molecule has 21 heavy (non-hydrogen) atoms. The Hall–Kier alpha value is -1.44. The summed E-state index contributed by atoms with van der Waals surface area (Å²) >= 11 is 13.1. The van der Waals surface area contributed by atoms with E-state index in [0.717, 1.165) is 0 Å². The number of carbonyl (C=O) groups excluding carboxylic acids is 1. The summed E-state index contributed by atoms with van der Waals surface area (Å²) in [6.07, 6.45) is 1.84. The van der Waals surface area contributed by atoms with Crippen molar-refractivity contribution in [1.82, 2.24) is 14.9 Å². The molecule has 0 spiro atoms. The first-order chi connectivity index (χ1) is 10.0. The predicted octanol–water partition coefficient (Wildman–Crippen LogP) is 2.76. The number of aromatic nitrogens is 3. The minimum Gasteiger partial charge on any atom is -0.482 e. The topological polar surface area (TPSA) is 69.0 Å². The zero-order valence-corrected chi connectivity index (χ0v) is 13.6. The van der Waals surface area contributed by atoms with Gasteiger partial charge in [0.05, 0.1) is 5.02 Å². The van der Waals surface area contributed by atoms with Gasteiger partial charge in [-0.3, -0.25) is 10.2 Å². The fraction of sp³-hybridized carbons (Fsp3) is 0.250. The molecule has 0 unspecified atom stereocenters. The van der Waals surface area contributed by atoms with Gasteiger partial charge in [-0.15, -0.1) is 10.2 Å². The molecule has 0 radical (unpaired) electrons. The van der Waals surface area contributed by atoms with Gasteiger partial charge in [0.25, 0.3) is 5.91 Å². The third-order valence-corrected chi connectivity index (χ3v) is 3.63. The van der Waals surface area contributed by atoms with Gasteiger partial charge < -0.3 is 4.74 Å². The van der Waals surface area contributed by atoms with Crippen LogP contribution in [0.2, 0.25) is 10.0 Å². The second-order valence-corrected chi connectivity index (χ2v) is 5.58. The van der Waals surface area contributed by atoms with Crippen LogP contribution in [-0.4, -0.2) is 33.6 Å². The molecular weight excluding hydrogens is 335 g/mol. The third-order valence-electron chi connectivity index (χ3n) is 2.47. The van der Waals surface area contributed by atoms with Crippen LogP contribution in [0.5, 0.6) is 5.75 Å². The first kappa shape index (κ1) is 15.9. The van der Waals surface area contributed by atoms with Crippen LogP contribution < -0.4 is 10.2 Å². The van der Waals surface area contributed by atoms with Crippen molar-refractivity contribution in [1.29, 1.82) is 0 Å². The quantitative estimate of drug-likeness (QED) is 0.843. The third kappa shape index (κ3) is 4.03. The van der Waals surface area contributed by atoms with E-state index in [-0.39, 0.29) is 12.5 Å². The fourth-order valence-corrected chi connectivity index (χ4v) is 2.44. The van der Waals surface area contributed by atoms with Crippen molar-refractivity contribution in [3.8, 4) is 5.75 Å². The highest BCUT2D eigenvalue weighted by atomic mass is 35.5. The molecule has 0 aliphatic rings. The van der Waals surface area contributed by atoms with Gasteiger partial charge in [0.2, 0.25) is 5.16 Å². The molecular formula is C12H12Cl2N4O2S. The number of amides is 1. The van der Waals surface area contributed by atoms with Crippen molar-refractivity contribution in [2.75, 3.05) is 18.3 Å². The van der Waals surface area contributed by atoms with E-state index >= 15 is 0 Å². The molecule has 112 valence electrons. The van der Waals surface area contributed by atoms with Crippen molar-refractivity contribution in [2.24, 2.45) is 0 Å². The van der Waals surface area contributed by atoms with Crippen LogP contribution in [0.1, 0.15) is 5.82 Å². The van der Waals surface area contributed by atoms with Crippen LogP contribution in [0, 0.1) is 6.92 Å². The maximum atomic E-state index is 11.9. The summed E-state index contributed by atoms with van der Waals surface area (Å²) in [6.45, 7) is 1.55. The Kier molecular flexibility index (Phi) is 5.33. The van der Waals surface area contributed by atoms with Gasteiger partial charge in [-0.2, -0.15) is 0 Å². The van der Waals surface area contributed by atoms with E-state index in [9.17, 15) is 4.79 Å². The fourth-order valence-electron chi connectivity index (χ4n) is 1.50. The number of aryl methyl sites for hydroxylation is 1. The highest BCUT2D eigenvalue weighted by Crippen LogP contribution is 2.27. The number of ether oxygens (including phenoxy) is 1. The lowest BCUT2D eigenvalue weighted by Gasteiger charge is -2.11. The maximum absolute atomic E-state index is 11.9. The molecule has 1 aromatic carbocycles. The summed E-state index contributed by atoms with van der Waals surface area (Å²) in [7, 11) is 0. The Labute approximate surface area is 135 Å². The van der Waals surface area contributed by atoms with Crippen molar-refractivity contribution in [3.63, 3.8) is 0 Å². The molecule has 1 N–H and O–H groups in total. The molecule has 0 saturated carbocycles. The van der Waals surface area contributed by atoms with Gasteiger partial charge in [-0.1, -0.05) is 35.0 Å². The lowest BCUT2D eigenvalue weighted by molar-refractivity contribution is -0.119. The van der Waals surface area contributed by atoms with E-state index in [4.69, 9.17) is 27.9 Å². The SMILES string of the molecule is CSc1nnc(C)n1NC(=O)COc1ccc(Cl)cc1Cl. The minimum absolute atomic E-state index is 0.188. The van der Waals surface area contributed by atoms with Crippen molar-refractivity contribution < 1.29 is 9.53 Å². The van der Waals surface area contributed by atoms with Gasteiger partial charge in [0, 0.05) is 5.02 Å². The summed E-state index contributed by atoms with van der Waals surface area (Å²) < 4.78 is 6.85. The van der Waals surface area contributed by atoms with Crippen LogP contribution in [-0.2, 0) is 4.79 Å². The number of carbonyl (C=O) groups is 1. The first-order valence-corrected chi connectivity index (χ1v) is 7.83. The number of rotatable bonds is 5. The van der Waals surface area contributed by atoms with E-state index in [1.54, 1.807) is 25.1 Å². The summed E-state index contributed by atoms with van der Waals surface area (Å²) in [6, 6.07) is 4.79. The summed E-state index contributed by atoms with van der Waals surface area (Å²) in [5.41, 5.74) is 2.65. The number of benzene rings is 1. The highest BCUT2D eigenvalue weighted by Gasteiger charge is 2.12. The Bertz CT molecular complexity index is 663. The summed E-state index contributed by atoms with van der Waals surface area (Å²) in [5, 5.41) is 9.23. The molecule has 0 saturated heterocycles. The standard InChI is InChI=1S/C12H12Cl2N4O2S/c1-7-15-16-12(21-2)18(7)17-11(19)6-20-10-4-3-8(13)5-9(10)14/h3-5H,6H2,1-2H3,(H,17,19). The largest absolute Gasteiger partial charge is 0.482 e. The van der Waals surface area contributed by atoms with Crippen molar-refractivity contribution in [2.45, 2.75) is 12.1 Å². The van der Waals surface area contributed by atoms with E-state index in [0.29, 0.717) is 26.8 Å². The van der Waals surface area contributed by atoms with Gasteiger partial charge >= 0.3 is 0 Å². The Morgan fingerprint density at radius 2 is 2.19 bits per heavy atom. The second kappa shape index (κ2) is 7.02. The van der Waals surface area contributed by atoms with Gasteiger partial charge in [-0.05, 0) is 31.4 Å². The van der Waals surface area contributed by atoms with Gasteiger partial charge in [0.1, 0.15) is 11.6 Å². The lowest BCUT2D eigenvalue weighted by Crippen LogP contribution is -2.29. The van der Waals surface area contributed by atoms with Crippen LogP contribution >= 0.6 is 35.0 Å². The van der Waals surface area contributed by atoms with Crippen molar-refractivity contribution in [3.05, 3.63) is 34.1 Å². The molecule has 1 aromatic heterocycles. The predicted molar refractivity (Wildman–Crippen MR) is 82.9 cm³/mol. The van der Waals surface area contributed by atoms with Gasteiger partial charge in [-0.25, -0.2) is 4.68 Å². The van der Waals surface area contributed by atoms with E-state index in [1.807, 2.05) is 6.26 Å². The molecule has 6 nitrogen and oxygen atoms in total. The monoisotopic (exact) mass is 346 g/mol. The van der Waals surface area contributed by atoms with E-state index in [1.165, 1.54) is 16.4 Å². The molecule has 0 atom stereocenters. The van der Waals surface area contributed by atoms with Crippen LogP contribution in [0.15, 0.2) is 23.4 Å². The normalized spacial score (nSPS) is 10.5. The Morgan fingerprint density at radius 3 is 2.86 bits per heavy atom. The Balaban J connectivity index is 1.97. The summed E-state index contributed by atoms with van der Waals surface area (Å²) in [4.78, 5) is 11.9. The number of halogens is 2. The summed E-state index contributed by atoms with van der Waals surface area (Å²) in [5.74, 6) is 0.623. The molecule has 1 amide bonds. The molecule has 2 aromatic rings. The average Bonchev–Trinajstić information content (AvgIpc) is 2.78. The van der Waals surface area contributed by atoms with Crippen molar-refractivity contribution >= 4 is 40.9 Å². The molecule has 0 aliphatic carbocycles. The number of hydrogen-bond acceptors (Lipinski definition) is 5. The molecule has 0 fully saturated rings. The zero-order valence-electron chi connectivity index (χ0n) is 11.3. The highest BCUT2D eigenvalue weighted by molar-refractivity contribution is 7.98. The van der Waals surface area contributed by atoms with Gasteiger partial charge in [0.15, 0.2) is 6.61 Å². The zero-order chi connectivity index (χ0) is 15.4. The molecule has 1 heterocycles. The Morgan fingerprint density at radius 1 is 1.43 bits per heavy atom. The van der Waals surface area contributed by atoms with E-state index in [2.05, 4.69) is 15.6 Å². The maximum Gasteiger partial charge on any atom is 0.276 e. The smallest absolute Gasteiger partial charge is 0.276 e. The number of hydrogen-bond donors (Lipinski definition) is 1. The van der Waals surface area contributed by atoms with E-state index < -0.39 is 0 Å². The first-order valence-electron chi connectivity index (χ1n) is 5.85. The second-order valence-electron chi connectivity index (χ2n) is 3.97. The average molecular weight is 347 g/mol. The van der Waals surface area contributed by atoms with Crippen LogP contribution in [0.25, 0.3) is 0 Å². The lowest BCUT2D eigenvalue weighted by atomic mass is 10.3. The minimum atomic E-state index is -0.348. The molecule has 2 rings (SSSR count). The molecule has 0 bridgehead atoms. The van der Waals surface area contributed by atoms with Crippen LogP contribution in [0.3, 0.4) is 0 Å².